The Morgan fingerprint density at radius 1 is 1.19 bits per heavy atom. The van der Waals surface area contributed by atoms with Gasteiger partial charge in [-0.25, -0.2) is 4.79 Å². The number of benzene rings is 2. The van der Waals surface area contributed by atoms with Crippen LogP contribution in [0.5, 0.6) is 11.7 Å². The van der Waals surface area contributed by atoms with Crippen molar-refractivity contribution >= 4 is 38.7 Å². The fraction of sp³-hybridized carbons (Fsp3) is 0.292. The normalized spacial score (nSPS) is 15.0. The van der Waals surface area contributed by atoms with E-state index in [0.717, 1.165) is 59.3 Å². The molecule has 1 aliphatic rings. The van der Waals surface area contributed by atoms with Crippen molar-refractivity contribution in [2.45, 2.75) is 19.4 Å². The molecule has 1 aromatic heterocycles. The summed E-state index contributed by atoms with van der Waals surface area (Å²) in [7, 11) is 0. The molecule has 0 aliphatic carbocycles. The van der Waals surface area contributed by atoms with E-state index >= 15 is 0 Å². The van der Waals surface area contributed by atoms with Gasteiger partial charge in [-0.2, -0.15) is 0 Å². The molecule has 1 saturated heterocycles. The molecule has 0 bridgehead atoms. The lowest BCUT2D eigenvalue weighted by Crippen LogP contribution is -2.30. The summed E-state index contributed by atoms with van der Waals surface area (Å²) in [4.78, 5) is 15.5. The van der Waals surface area contributed by atoms with Crippen LogP contribution in [-0.4, -0.2) is 47.4 Å². The number of carbonyl (C=O) groups is 1. The number of phenols is 1. The van der Waals surface area contributed by atoms with Crippen LogP contribution in [0.25, 0.3) is 11.0 Å². The van der Waals surface area contributed by atoms with Crippen molar-refractivity contribution in [3.05, 3.63) is 64.7 Å². The minimum Gasteiger partial charge on any atom is -0.507 e. The van der Waals surface area contributed by atoms with E-state index in [-0.39, 0.29) is 5.95 Å². The maximum atomic E-state index is 10.8. The molecule has 1 aliphatic heterocycles. The number of aromatic hydroxyl groups is 1. The predicted octanol–water partition coefficient (Wildman–Crippen LogP) is 5.40. The van der Waals surface area contributed by atoms with E-state index in [1.807, 2.05) is 30.3 Å². The first-order chi connectivity index (χ1) is 15.5. The second kappa shape index (κ2) is 9.67. The zero-order valence-electron chi connectivity index (χ0n) is 17.6. The molecule has 2 N–H and O–H groups in total. The fourth-order valence-electron chi connectivity index (χ4n) is 4.13. The van der Waals surface area contributed by atoms with Crippen molar-refractivity contribution in [2.75, 3.05) is 31.1 Å². The molecule has 0 amide bonds. The summed E-state index contributed by atoms with van der Waals surface area (Å²) in [5.41, 5.74) is 3.42. The first-order valence-electron chi connectivity index (χ1n) is 10.5. The minimum atomic E-state index is -1.41. The van der Waals surface area contributed by atoms with Crippen LogP contribution in [0.1, 0.15) is 17.5 Å². The number of halogens is 1. The lowest BCUT2D eigenvalue weighted by Gasteiger charge is -2.25. The van der Waals surface area contributed by atoms with E-state index in [4.69, 9.17) is 9.52 Å². The van der Waals surface area contributed by atoms with Crippen molar-refractivity contribution in [2.24, 2.45) is 0 Å². The molecule has 2 aromatic carbocycles. The van der Waals surface area contributed by atoms with Crippen LogP contribution in [0.15, 0.2) is 57.9 Å². The molecule has 168 valence electrons. The number of phenolic OH excluding ortho intramolecular Hbond substituents is 1. The SMILES string of the molecule is C=CCc1cccc(CN2CCCN(c3ccc4oc(OC(=O)O)cc4c3Br)CC2)c1O. The van der Waals surface area contributed by atoms with Crippen molar-refractivity contribution in [1.82, 2.24) is 4.90 Å². The second-order valence-corrected chi connectivity index (χ2v) is 8.57. The Balaban J connectivity index is 1.48. The number of allylic oxidation sites excluding steroid dienone is 1. The first kappa shape index (κ1) is 22.2. The molecule has 3 aromatic rings. The van der Waals surface area contributed by atoms with E-state index in [2.05, 4.69) is 37.0 Å². The molecular formula is C24H25BrN2O5. The highest BCUT2D eigenvalue weighted by Gasteiger charge is 2.21. The average Bonchev–Trinajstić information content (AvgIpc) is 3.02. The third kappa shape index (κ3) is 4.76. The molecule has 0 saturated carbocycles. The van der Waals surface area contributed by atoms with Gasteiger partial charge in [-0.15, -0.1) is 6.58 Å². The number of furan rings is 1. The van der Waals surface area contributed by atoms with Crippen molar-refractivity contribution < 1.29 is 24.2 Å². The Bertz CT molecular complexity index is 1140. The van der Waals surface area contributed by atoms with Gasteiger partial charge in [0, 0.05) is 49.7 Å². The summed E-state index contributed by atoms with van der Waals surface area (Å²) < 4.78 is 11.0. The van der Waals surface area contributed by atoms with E-state index in [1.165, 1.54) is 0 Å². The van der Waals surface area contributed by atoms with Crippen molar-refractivity contribution in [3.8, 4) is 11.7 Å². The highest BCUT2D eigenvalue weighted by Crippen LogP contribution is 2.38. The van der Waals surface area contributed by atoms with E-state index in [1.54, 1.807) is 12.1 Å². The average molecular weight is 501 g/mol. The first-order valence-corrected chi connectivity index (χ1v) is 11.3. The standard InChI is InChI=1S/C24H25BrN2O5/c1-2-5-16-6-3-7-17(23(16)28)15-26-10-4-11-27(13-12-26)19-8-9-20-18(22(19)25)14-21(31-20)32-24(29)30/h2-3,6-9,14,28H,1,4-5,10-13,15H2,(H,29,30). The second-order valence-electron chi connectivity index (χ2n) is 7.78. The van der Waals surface area contributed by atoms with Gasteiger partial charge in [-0.3, -0.25) is 4.90 Å². The summed E-state index contributed by atoms with van der Waals surface area (Å²) in [6.07, 6.45) is 2.02. The number of hydrogen-bond acceptors (Lipinski definition) is 6. The van der Waals surface area contributed by atoms with Crippen LogP contribution in [0.2, 0.25) is 0 Å². The summed E-state index contributed by atoms with van der Waals surface area (Å²) in [6.45, 7) is 7.96. The highest BCUT2D eigenvalue weighted by atomic mass is 79.9. The van der Waals surface area contributed by atoms with Gasteiger partial charge in [0.2, 0.25) is 0 Å². The van der Waals surface area contributed by atoms with Crippen LogP contribution in [-0.2, 0) is 13.0 Å². The zero-order chi connectivity index (χ0) is 22.7. The minimum absolute atomic E-state index is 0.0501. The fourth-order valence-corrected chi connectivity index (χ4v) is 4.82. The van der Waals surface area contributed by atoms with Crippen molar-refractivity contribution in [3.63, 3.8) is 0 Å². The number of carboxylic acid groups (broad SMARTS) is 1. The van der Waals surface area contributed by atoms with Crippen LogP contribution in [0.4, 0.5) is 10.5 Å². The largest absolute Gasteiger partial charge is 0.513 e. The van der Waals surface area contributed by atoms with Crippen molar-refractivity contribution in [1.29, 1.82) is 0 Å². The zero-order valence-corrected chi connectivity index (χ0v) is 19.2. The monoisotopic (exact) mass is 500 g/mol. The summed E-state index contributed by atoms with van der Waals surface area (Å²) in [5.74, 6) is 0.312. The van der Waals surface area contributed by atoms with Crippen LogP contribution in [0, 0.1) is 0 Å². The molecular weight excluding hydrogens is 476 g/mol. The van der Waals surface area contributed by atoms with Gasteiger partial charge in [0.25, 0.3) is 5.95 Å². The highest BCUT2D eigenvalue weighted by molar-refractivity contribution is 9.10. The smallest absolute Gasteiger partial charge is 0.507 e. The maximum absolute atomic E-state index is 10.8. The molecule has 0 radical (unpaired) electrons. The lowest BCUT2D eigenvalue weighted by molar-refractivity contribution is 0.134. The van der Waals surface area contributed by atoms with Crippen LogP contribution >= 0.6 is 15.9 Å². The summed E-state index contributed by atoms with van der Waals surface area (Å²) in [6, 6.07) is 11.3. The molecule has 0 atom stereocenters. The molecule has 8 heteroatoms. The number of rotatable bonds is 6. The number of ether oxygens (including phenoxy) is 1. The Kier molecular flexibility index (Phi) is 6.72. The van der Waals surface area contributed by atoms with E-state index in [0.29, 0.717) is 24.3 Å². The van der Waals surface area contributed by atoms with Gasteiger partial charge in [0.05, 0.1) is 10.2 Å². The summed E-state index contributed by atoms with van der Waals surface area (Å²) >= 11 is 3.66. The maximum Gasteiger partial charge on any atom is 0.513 e. The van der Waals surface area contributed by atoms with E-state index < -0.39 is 6.16 Å². The third-order valence-electron chi connectivity index (χ3n) is 5.67. The van der Waals surface area contributed by atoms with Gasteiger partial charge < -0.3 is 24.3 Å². The molecule has 32 heavy (non-hydrogen) atoms. The Hall–Kier alpha value is -2.97. The number of anilines is 1. The Morgan fingerprint density at radius 2 is 2.00 bits per heavy atom. The van der Waals surface area contributed by atoms with Gasteiger partial charge in [0.1, 0.15) is 11.3 Å². The molecule has 4 rings (SSSR count). The van der Waals surface area contributed by atoms with Crippen LogP contribution < -0.4 is 9.64 Å². The quantitative estimate of drug-likeness (QED) is 0.346. The third-order valence-corrected chi connectivity index (χ3v) is 6.50. The van der Waals surface area contributed by atoms with Gasteiger partial charge in [0.15, 0.2) is 0 Å². The number of para-hydroxylation sites is 1. The van der Waals surface area contributed by atoms with Crippen LogP contribution in [0.3, 0.4) is 0 Å². The van der Waals surface area contributed by atoms with E-state index in [9.17, 15) is 9.90 Å². The lowest BCUT2D eigenvalue weighted by atomic mass is 10.1. The number of fused-ring (bicyclic) bond motifs is 1. The Labute approximate surface area is 194 Å². The molecule has 0 spiro atoms. The van der Waals surface area contributed by atoms with Gasteiger partial charge >= 0.3 is 6.16 Å². The molecule has 1 fully saturated rings. The molecule has 2 heterocycles. The molecule has 0 unspecified atom stereocenters. The Morgan fingerprint density at radius 3 is 2.78 bits per heavy atom. The summed E-state index contributed by atoms with van der Waals surface area (Å²) in [5, 5.41) is 20.2. The number of nitrogens with zero attached hydrogens (tertiary/aromatic N) is 2. The predicted molar refractivity (Wildman–Crippen MR) is 127 cm³/mol. The molecule has 7 nitrogen and oxygen atoms in total. The number of hydrogen-bond donors (Lipinski definition) is 2. The topological polar surface area (TPSA) is 86.4 Å². The van der Waals surface area contributed by atoms with Gasteiger partial charge in [-0.1, -0.05) is 24.3 Å². The van der Waals surface area contributed by atoms with Gasteiger partial charge in [-0.05, 0) is 46.5 Å².